The largest absolute Gasteiger partial charge is 0.493 e. The molecule has 8 heteroatoms. The minimum absolute atomic E-state index is 0.139. The molecule has 3 rings (SSSR count). The normalized spacial score (nSPS) is 19.5. The molecule has 1 saturated heterocycles. The Morgan fingerprint density at radius 2 is 1.85 bits per heavy atom. The fourth-order valence-electron chi connectivity index (χ4n) is 3.03. The molecule has 0 spiro atoms. The maximum Gasteiger partial charge on any atom is 0.275 e. The highest BCUT2D eigenvalue weighted by molar-refractivity contribution is 8.17. The van der Waals surface area contributed by atoms with E-state index in [0.717, 1.165) is 41.6 Å². The van der Waals surface area contributed by atoms with E-state index in [0.29, 0.717) is 13.0 Å². The van der Waals surface area contributed by atoms with Crippen molar-refractivity contribution in [2.75, 3.05) is 6.61 Å². The number of hydrogen-bond donors (Lipinski definition) is 0. The lowest BCUT2D eigenvalue weighted by Crippen LogP contribution is -2.40. The molecule has 1 aliphatic heterocycles. The van der Waals surface area contributed by atoms with E-state index in [2.05, 4.69) is 18.0 Å². The van der Waals surface area contributed by atoms with E-state index in [1.54, 1.807) is 0 Å². The van der Waals surface area contributed by atoms with Crippen molar-refractivity contribution in [1.29, 1.82) is 0 Å². The Labute approximate surface area is 165 Å². The van der Waals surface area contributed by atoms with Crippen LogP contribution in [-0.4, -0.2) is 48.0 Å². The first kappa shape index (κ1) is 19.5. The van der Waals surface area contributed by atoms with Gasteiger partial charge >= 0.3 is 0 Å². The molecule has 0 unspecified atom stereocenters. The zero-order valence-corrected chi connectivity index (χ0v) is 16.7. The van der Waals surface area contributed by atoms with E-state index in [4.69, 9.17) is 4.74 Å². The number of aromatic nitrogens is 1. The van der Waals surface area contributed by atoms with Gasteiger partial charge in [-0.1, -0.05) is 36.9 Å². The fraction of sp³-hybridized carbons (Fsp3) is 0.316. The van der Waals surface area contributed by atoms with Crippen LogP contribution in [0.4, 0.5) is 4.79 Å². The van der Waals surface area contributed by atoms with Gasteiger partial charge in [-0.25, -0.2) is 0 Å². The fourth-order valence-corrected chi connectivity index (χ4v) is 4.10. The van der Waals surface area contributed by atoms with E-state index in [1.165, 1.54) is 18.4 Å². The molecule has 1 aromatic heterocycles. The third-order valence-corrected chi connectivity index (χ3v) is 5.95. The molecular weight excluding hydrogens is 358 g/mol. The Morgan fingerprint density at radius 3 is 2.41 bits per heavy atom. The zero-order valence-electron chi connectivity index (χ0n) is 15.9. The van der Waals surface area contributed by atoms with Crippen molar-refractivity contribution in [1.82, 2.24) is 9.79 Å². The molecule has 138 valence electrons. The number of thioether (sulfide) groups is 1. The average molecular weight is 380 g/mol. The Kier molecular flexibility index (Phi) is 5.95. The lowest BCUT2D eigenvalue weighted by molar-refractivity contribution is -0.124. The van der Waals surface area contributed by atoms with E-state index >= 15 is 0 Å². The van der Waals surface area contributed by atoms with Gasteiger partial charge < -0.3 is 9.55 Å². The van der Waals surface area contributed by atoms with Crippen molar-refractivity contribution < 1.29 is 14.3 Å². The smallest absolute Gasteiger partial charge is 0.275 e. The summed E-state index contributed by atoms with van der Waals surface area (Å²) in [6.45, 7) is 2.67. The Balaban J connectivity index is 1.53. The first-order valence-electron chi connectivity index (χ1n) is 9.08. The third kappa shape index (κ3) is 4.56. The first-order chi connectivity index (χ1) is 12.9. The summed E-state index contributed by atoms with van der Waals surface area (Å²) in [5, 5.41) is -0.192. The zero-order chi connectivity index (χ0) is 19.4. The predicted octanol–water partition coefficient (Wildman–Crippen LogP) is 1.38. The summed E-state index contributed by atoms with van der Waals surface area (Å²) in [6.07, 6.45) is 4.17. The van der Waals surface area contributed by atoms with Gasteiger partial charge in [0.2, 0.25) is 13.9 Å². The number of imide groups is 1. The van der Waals surface area contributed by atoms with Crippen LogP contribution in [0.1, 0.15) is 23.7 Å². The van der Waals surface area contributed by atoms with E-state index in [1.807, 2.05) is 44.4 Å². The lowest BCUT2D eigenvalue weighted by atomic mass is 9.79. The van der Waals surface area contributed by atoms with Crippen molar-refractivity contribution in [2.24, 2.45) is 0 Å². The molecule has 0 N–H and O–H groups in total. The van der Waals surface area contributed by atoms with Crippen molar-refractivity contribution in [3.05, 3.63) is 59.4 Å². The minimum atomic E-state index is -0.732. The molecule has 2 heterocycles. The van der Waals surface area contributed by atoms with Crippen LogP contribution < -0.4 is 4.74 Å². The van der Waals surface area contributed by atoms with Gasteiger partial charge in [-0.15, -0.1) is 0 Å². The molecule has 0 bridgehead atoms. The van der Waals surface area contributed by atoms with E-state index in [-0.39, 0.29) is 11.1 Å². The van der Waals surface area contributed by atoms with E-state index < -0.39 is 4.65 Å². The molecule has 2 amide bonds. The molecule has 1 atom stereocenters. The number of amides is 2. The van der Waals surface area contributed by atoms with Gasteiger partial charge in [-0.3, -0.25) is 14.6 Å². The van der Waals surface area contributed by atoms with Gasteiger partial charge in [-0.2, -0.15) is 0 Å². The van der Waals surface area contributed by atoms with Crippen molar-refractivity contribution >= 4 is 38.7 Å². The van der Waals surface area contributed by atoms with Gasteiger partial charge in [-0.05, 0) is 42.2 Å². The molecule has 2 aromatic rings. The van der Waals surface area contributed by atoms with Gasteiger partial charge in [0, 0.05) is 18.3 Å². The van der Waals surface area contributed by atoms with Crippen LogP contribution in [0.15, 0.2) is 42.6 Å². The Bertz CT molecular complexity index is 830. The second kappa shape index (κ2) is 8.21. The maximum absolute atomic E-state index is 12.3. The molecule has 1 aliphatic rings. The standard InChI is InChI=1S/C19H22B2N2O3S/c1-2-13-3-6-15(22-12-13)9-10-26-16-7-4-14(5-8-16)11-19(20)17(24)23(21)18(25)27-19/h3-8,12H,2,9-11,20-21H2,1H3/t19-/m1/s1. The van der Waals surface area contributed by atoms with Crippen LogP contribution >= 0.6 is 11.8 Å². The Morgan fingerprint density at radius 1 is 1.15 bits per heavy atom. The van der Waals surface area contributed by atoms with Gasteiger partial charge in [0.25, 0.3) is 5.24 Å². The highest BCUT2D eigenvalue weighted by Crippen LogP contribution is 2.36. The molecular formula is C19H22B2N2O3S. The summed E-state index contributed by atoms with van der Waals surface area (Å²) in [6, 6.07) is 11.9. The molecule has 1 fully saturated rings. The summed E-state index contributed by atoms with van der Waals surface area (Å²) < 4.78 is 5.07. The van der Waals surface area contributed by atoms with Crippen LogP contribution in [-0.2, 0) is 24.1 Å². The number of carbonyl (C=O) groups excluding carboxylic acids is 2. The van der Waals surface area contributed by atoms with Crippen LogP contribution in [0.5, 0.6) is 5.75 Å². The molecule has 1 aromatic carbocycles. The van der Waals surface area contributed by atoms with Crippen molar-refractivity contribution in [3.8, 4) is 5.75 Å². The molecule has 27 heavy (non-hydrogen) atoms. The average Bonchev–Trinajstić information content (AvgIpc) is 2.86. The number of ether oxygens (including phenoxy) is 1. The molecule has 0 saturated carbocycles. The second-order valence-corrected chi connectivity index (χ2v) is 8.35. The minimum Gasteiger partial charge on any atom is -0.493 e. The number of pyridine rings is 1. The van der Waals surface area contributed by atoms with Gasteiger partial charge in [0.15, 0.2) is 0 Å². The molecule has 0 aliphatic carbocycles. The highest BCUT2D eigenvalue weighted by Gasteiger charge is 2.46. The lowest BCUT2D eigenvalue weighted by Gasteiger charge is -2.20. The summed E-state index contributed by atoms with van der Waals surface area (Å²) in [5.74, 6) is 0.645. The van der Waals surface area contributed by atoms with Gasteiger partial charge in [0.05, 0.1) is 11.3 Å². The van der Waals surface area contributed by atoms with Crippen LogP contribution in [0.2, 0.25) is 0 Å². The number of carbonyl (C=O) groups is 2. The van der Waals surface area contributed by atoms with Crippen molar-refractivity contribution in [3.63, 3.8) is 0 Å². The second-order valence-electron chi connectivity index (χ2n) is 6.89. The van der Waals surface area contributed by atoms with Crippen molar-refractivity contribution in [2.45, 2.75) is 30.8 Å². The quantitative estimate of drug-likeness (QED) is 0.680. The highest BCUT2D eigenvalue weighted by atomic mass is 32.2. The number of nitrogens with zero attached hydrogens (tertiary/aromatic N) is 2. The summed E-state index contributed by atoms with van der Waals surface area (Å²) >= 11 is 1.10. The molecule has 0 radical (unpaired) electrons. The summed E-state index contributed by atoms with van der Waals surface area (Å²) in [7, 11) is 3.35. The third-order valence-electron chi connectivity index (χ3n) is 4.73. The maximum atomic E-state index is 12.3. The number of benzene rings is 1. The first-order valence-corrected chi connectivity index (χ1v) is 9.89. The van der Waals surface area contributed by atoms with Crippen LogP contribution in [0.25, 0.3) is 0 Å². The summed E-state index contributed by atoms with van der Waals surface area (Å²) in [4.78, 5) is 29.7. The SMILES string of the molecule is BN1C(=O)S[C@](B)(Cc2ccc(OCCc3ccc(CC)cn3)cc2)C1=O. The van der Waals surface area contributed by atoms with Crippen LogP contribution in [0, 0.1) is 0 Å². The number of hydrogen-bond acceptors (Lipinski definition) is 5. The topological polar surface area (TPSA) is 59.5 Å². The number of aryl methyl sites for hydroxylation is 1. The number of rotatable bonds is 7. The predicted molar refractivity (Wildman–Crippen MR) is 113 cm³/mol. The monoisotopic (exact) mass is 380 g/mol. The molecule has 5 nitrogen and oxygen atoms in total. The van der Waals surface area contributed by atoms with E-state index in [9.17, 15) is 9.59 Å². The van der Waals surface area contributed by atoms with Crippen LogP contribution in [0.3, 0.4) is 0 Å². The van der Waals surface area contributed by atoms with Gasteiger partial charge in [0.1, 0.15) is 13.6 Å². The Hall–Kier alpha value is -2.21. The summed E-state index contributed by atoms with van der Waals surface area (Å²) in [5.41, 5.74) is 3.25.